The lowest BCUT2D eigenvalue weighted by Crippen LogP contribution is -2.49. The first-order chi connectivity index (χ1) is 8.83. The van der Waals surface area contributed by atoms with Crippen molar-refractivity contribution in [1.82, 2.24) is 15.5 Å². The second-order valence-corrected chi connectivity index (χ2v) is 6.04. The second-order valence-electron chi connectivity index (χ2n) is 5.09. The Balaban J connectivity index is 1.72. The summed E-state index contributed by atoms with van der Waals surface area (Å²) >= 11 is 1.75. The Morgan fingerprint density at radius 3 is 3.00 bits per heavy atom. The third kappa shape index (κ3) is 2.10. The number of hydrogen-bond donors (Lipinski definition) is 2. The van der Waals surface area contributed by atoms with Crippen LogP contribution in [0.1, 0.15) is 38.2 Å². The van der Waals surface area contributed by atoms with Crippen molar-refractivity contribution in [2.45, 2.75) is 44.7 Å². The van der Waals surface area contributed by atoms with Gasteiger partial charge in [-0.15, -0.1) is 11.3 Å². The largest absolute Gasteiger partial charge is 0.307 e. The fourth-order valence-electron chi connectivity index (χ4n) is 2.62. The zero-order valence-electron chi connectivity index (χ0n) is 10.7. The third-order valence-corrected chi connectivity index (χ3v) is 5.01. The van der Waals surface area contributed by atoms with E-state index in [0.29, 0.717) is 5.54 Å². The van der Waals surface area contributed by atoms with Crippen molar-refractivity contribution in [2.24, 2.45) is 0 Å². The summed E-state index contributed by atoms with van der Waals surface area (Å²) in [5.74, 6) is 0. The molecule has 4 heteroatoms. The second kappa shape index (κ2) is 4.86. The number of rotatable bonds is 5. The van der Waals surface area contributed by atoms with Gasteiger partial charge in [0, 0.05) is 17.6 Å². The normalized spacial score (nSPS) is 17.6. The molecule has 0 unspecified atom stereocenters. The highest BCUT2D eigenvalue weighted by Gasteiger charge is 2.34. The molecule has 1 fully saturated rings. The van der Waals surface area contributed by atoms with Crippen LogP contribution < -0.4 is 5.32 Å². The van der Waals surface area contributed by atoms with Gasteiger partial charge in [0.1, 0.15) is 0 Å². The molecule has 0 atom stereocenters. The minimum atomic E-state index is 0.393. The van der Waals surface area contributed by atoms with Crippen LogP contribution in [0.5, 0.6) is 0 Å². The number of aromatic amines is 1. The average Bonchev–Trinajstić information content (AvgIpc) is 2.98. The van der Waals surface area contributed by atoms with E-state index in [4.69, 9.17) is 0 Å². The fourth-order valence-corrected chi connectivity index (χ4v) is 3.38. The summed E-state index contributed by atoms with van der Waals surface area (Å²) < 4.78 is 0. The van der Waals surface area contributed by atoms with Gasteiger partial charge in [0.25, 0.3) is 0 Å². The van der Waals surface area contributed by atoms with Crippen LogP contribution >= 0.6 is 11.3 Å². The lowest BCUT2D eigenvalue weighted by Gasteiger charge is -2.42. The van der Waals surface area contributed by atoms with Crippen LogP contribution in [0.4, 0.5) is 0 Å². The van der Waals surface area contributed by atoms with E-state index in [2.05, 4.69) is 40.0 Å². The van der Waals surface area contributed by atoms with E-state index < -0.39 is 0 Å². The van der Waals surface area contributed by atoms with Crippen LogP contribution in [0.15, 0.2) is 23.7 Å². The molecule has 1 aliphatic carbocycles. The molecule has 3 rings (SSSR count). The molecule has 0 radical (unpaired) electrons. The SMILES string of the molecule is CCC1(NCc2cn[nH]c2-c2cccs2)CCC1. The molecule has 18 heavy (non-hydrogen) atoms. The van der Waals surface area contributed by atoms with Crippen LogP contribution in [-0.2, 0) is 6.54 Å². The molecule has 0 amide bonds. The first-order valence-electron chi connectivity index (χ1n) is 6.64. The predicted octanol–water partition coefficient (Wildman–Crippen LogP) is 3.56. The molecule has 2 aromatic heterocycles. The highest BCUT2D eigenvalue weighted by Crippen LogP contribution is 2.35. The summed E-state index contributed by atoms with van der Waals surface area (Å²) in [5.41, 5.74) is 2.84. The van der Waals surface area contributed by atoms with Crippen molar-refractivity contribution >= 4 is 11.3 Å². The van der Waals surface area contributed by atoms with Gasteiger partial charge in [-0.25, -0.2) is 0 Å². The van der Waals surface area contributed by atoms with E-state index in [1.807, 2.05) is 6.20 Å². The lowest BCUT2D eigenvalue weighted by molar-refractivity contribution is 0.175. The van der Waals surface area contributed by atoms with E-state index in [1.54, 1.807) is 11.3 Å². The molecule has 96 valence electrons. The third-order valence-electron chi connectivity index (χ3n) is 4.13. The van der Waals surface area contributed by atoms with Crippen molar-refractivity contribution in [3.8, 4) is 10.6 Å². The molecular weight excluding hydrogens is 242 g/mol. The Kier molecular flexibility index (Phi) is 3.22. The number of nitrogens with one attached hydrogen (secondary N) is 2. The van der Waals surface area contributed by atoms with Gasteiger partial charge in [-0.3, -0.25) is 5.10 Å². The maximum Gasteiger partial charge on any atom is 0.0794 e. The van der Waals surface area contributed by atoms with Gasteiger partial charge in [-0.05, 0) is 37.1 Å². The van der Waals surface area contributed by atoms with E-state index >= 15 is 0 Å². The quantitative estimate of drug-likeness (QED) is 0.864. The molecule has 2 N–H and O–H groups in total. The van der Waals surface area contributed by atoms with E-state index in [9.17, 15) is 0 Å². The molecule has 0 saturated heterocycles. The minimum Gasteiger partial charge on any atom is -0.307 e. The molecule has 2 aromatic rings. The van der Waals surface area contributed by atoms with Gasteiger partial charge >= 0.3 is 0 Å². The van der Waals surface area contributed by atoms with Crippen molar-refractivity contribution in [3.05, 3.63) is 29.3 Å². The zero-order valence-corrected chi connectivity index (χ0v) is 11.5. The van der Waals surface area contributed by atoms with Crippen molar-refractivity contribution in [1.29, 1.82) is 0 Å². The molecular formula is C14H19N3S. The van der Waals surface area contributed by atoms with Crippen LogP contribution in [-0.4, -0.2) is 15.7 Å². The predicted molar refractivity (Wildman–Crippen MR) is 75.6 cm³/mol. The van der Waals surface area contributed by atoms with Crippen molar-refractivity contribution in [2.75, 3.05) is 0 Å². The molecule has 3 nitrogen and oxygen atoms in total. The van der Waals surface area contributed by atoms with Gasteiger partial charge < -0.3 is 5.32 Å². The van der Waals surface area contributed by atoms with E-state index in [1.165, 1.54) is 41.8 Å². The summed E-state index contributed by atoms with van der Waals surface area (Å²) in [4.78, 5) is 1.27. The molecule has 0 bridgehead atoms. The van der Waals surface area contributed by atoms with Crippen molar-refractivity contribution in [3.63, 3.8) is 0 Å². The van der Waals surface area contributed by atoms with Crippen molar-refractivity contribution < 1.29 is 0 Å². The number of H-pyrrole nitrogens is 1. The van der Waals surface area contributed by atoms with Crippen LogP contribution in [0.3, 0.4) is 0 Å². The monoisotopic (exact) mass is 261 g/mol. The smallest absolute Gasteiger partial charge is 0.0794 e. The molecule has 0 aromatic carbocycles. The number of hydrogen-bond acceptors (Lipinski definition) is 3. The number of nitrogens with zero attached hydrogens (tertiary/aromatic N) is 1. The molecule has 0 aliphatic heterocycles. The summed E-state index contributed by atoms with van der Waals surface area (Å²) in [7, 11) is 0. The molecule has 2 heterocycles. The van der Waals surface area contributed by atoms with Gasteiger partial charge in [0.15, 0.2) is 0 Å². The molecule has 1 aliphatic rings. The van der Waals surface area contributed by atoms with Gasteiger partial charge in [-0.2, -0.15) is 5.10 Å². The van der Waals surface area contributed by atoms with Crippen LogP contribution in [0.2, 0.25) is 0 Å². The lowest BCUT2D eigenvalue weighted by atomic mass is 9.75. The topological polar surface area (TPSA) is 40.7 Å². The fraction of sp³-hybridized carbons (Fsp3) is 0.500. The Labute approximate surface area is 112 Å². The first-order valence-corrected chi connectivity index (χ1v) is 7.52. The Morgan fingerprint density at radius 1 is 1.50 bits per heavy atom. The molecule has 1 saturated carbocycles. The highest BCUT2D eigenvalue weighted by molar-refractivity contribution is 7.13. The summed E-state index contributed by atoms with van der Waals surface area (Å²) in [5, 5.41) is 13.1. The van der Waals surface area contributed by atoms with Gasteiger partial charge in [-0.1, -0.05) is 13.0 Å². The van der Waals surface area contributed by atoms with E-state index in [0.717, 1.165) is 6.54 Å². The Bertz CT molecular complexity index is 491. The highest BCUT2D eigenvalue weighted by atomic mass is 32.1. The van der Waals surface area contributed by atoms with Gasteiger partial charge in [0.2, 0.25) is 0 Å². The minimum absolute atomic E-state index is 0.393. The van der Waals surface area contributed by atoms with Crippen LogP contribution in [0, 0.1) is 0 Å². The Hall–Kier alpha value is -1.13. The Morgan fingerprint density at radius 2 is 2.39 bits per heavy atom. The zero-order chi connectivity index (χ0) is 12.4. The molecule has 0 spiro atoms. The standard InChI is InChI=1S/C14H19N3S/c1-2-14(6-4-7-14)15-9-11-10-16-17-13(11)12-5-3-8-18-12/h3,5,8,10,15H,2,4,6-7,9H2,1H3,(H,16,17). The summed E-state index contributed by atoms with van der Waals surface area (Å²) in [6.07, 6.45) is 7.17. The first kappa shape index (κ1) is 11.9. The number of thiophene rings is 1. The van der Waals surface area contributed by atoms with Crippen LogP contribution in [0.25, 0.3) is 10.6 Å². The maximum atomic E-state index is 4.19. The van der Waals surface area contributed by atoms with Gasteiger partial charge in [0.05, 0.1) is 16.8 Å². The summed E-state index contributed by atoms with van der Waals surface area (Å²) in [6.45, 7) is 3.19. The number of aromatic nitrogens is 2. The summed E-state index contributed by atoms with van der Waals surface area (Å²) in [6, 6.07) is 4.22. The maximum absolute atomic E-state index is 4.19. The van der Waals surface area contributed by atoms with E-state index in [-0.39, 0.29) is 0 Å². The average molecular weight is 261 g/mol.